The Morgan fingerprint density at radius 3 is 0.930 bits per heavy atom. The van der Waals surface area contributed by atoms with E-state index in [1.54, 1.807) is 36.7 Å². The zero-order chi connectivity index (χ0) is 40.7. The summed E-state index contributed by atoms with van der Waals surface area (Å²) in [5, 5.41) is 20.9. The highest BCUT2D eigenvalue weighted by atomic mass is 16.5. The maximum Gasteiger partial charge on any atom is 0.431 e. The molecule has 2 rings (SSSR count). The number of aromatic hydroxyl groups is 2. The quantitative estimate of drug-likeness (QED) is 0.0400. The Morgan fingerprint density at radius 2 is 0.667 bits per heavy atom. The van der Waals surface area contributed by atoms with Crippen molar-refractivity contribution >= 4 is 20.0 Å². The van der Waals surface area contributed by atoms with Gasteiger partial charge in [-0.1, -0.05) is 206 Å². The number of benzene rings is 2. The van der Waals surface area contributed by atoms with Gasteiger partial charge in [-0.25, -0.2) is 0 Å². The average Bonchev–Trinajstić information content (AvgIpc) is 3.21. The molecule has 1 radical (unpaired) electrons. The van der Waals surface area contributed by atoms with Gasteiger partial charge >= 0.3 is 7.55 Å². The van der Waals surface area contributed by atoms with Crippen molar-refractivity contribution in [1.29, 1.82) is 0 Å². The summed E-state index contributed by atoms with van der Waals surface area (Å²) in [4.78, 5) is 8.40. The van der Waals surface area contributed by atoms with E-state index in [2.05, 4.69) is 23.7 Å². The topological polar surface area (TPSA) is 83.6 Å². The zero-order valence-electron chi connectivity index (χ0n) is 36.8. The maximum atomic E-state index is 10.5. The van der Waals surface area contributed by atoms with E-state index in [0.717, 1.165) is 12.8 Å². The molecule has 2 N–H and O–H groups in total. The lowest BCUT2D eigenvalue weighted by Gasteiger charge is -2.08. The minimum Gasteiger partial charge on any atom is -0.507 e. The average molecular weight is 788 g/mol. The minimum atomic E-state index is 0.119. The number of phenols is 2. The van der Waals surface area contributed by atoms with Crippen molar-refractivity contribution in [3.8, 4) is 23.0 Å². The van der Waals surface area contributed by atoms with E-state index in [1.807, 2.05) is 12.1 Å². The number of nitrogens with zero attached hydrogens (tertiary/aromatic N) is 2. The van der Waals surface area contributed by atoms with Crippen molar-refractivity contribution in [2.24, 2.45) is 9.81 Å². The van der Waals surface area contributed by atoms with Crippen LogP contribution in [0.3, 0.4) is 0 Å². The molecule has 2 aromatic rings. The van der Waals surface area contributed by atoms with Gasteiger partial charge in [-0.05, 0) is 37.1 Å². The Bertz CT molecular complexity index is 1170. The fourth-order valence-corrected chi connectivity index (χ4v) is 7.39. The second-order valence-corrected chi connectivity index (χ2v) is 16.4. The summed E-state index contributed by atoms with van der Waals surface area (Å²) in [5.41, 5.74) is 1.18. The van der Waals surface area contributed by atoms with Gasteiger partial charge in [0.25, 0.3) is 0 Å². The Hall–Kier alpha value is -2.96. The molecule has 2 aromatic carbocycles. The lowest BCUT2D eigenvalue weighted by Crippen LogP contribution is -1.98. The van der Waals surface area contributed by atoms with E-state index >= 15 is 0 Å². The monoisotopic (exact) mass is 788 g/mol. The third kappa shape index (κ3) is 29.0. The number of unbranched alkanes of at least 4 members (excludes halogenated alkanes) is 30. The number of hydrogen-bond acceptors (Lipinski definition) is 6. The Labute approximate surface area is 351 Å². The molecule has 0 heterocycles. The van der Waals surface area contributed by atoms with E-state index in [-0.39, 0.29) is 11.5 Å². The molecule has 0 atom stereocenters. The van der Waals surface area contributed by atoms with Crippen LogP contribution in [0.2, 0.25) is 0 Å². The molecule has 0 fully saturated rings. The first-order chi connectivity index (χ1) is 28.1. The number of ether oxygens (including phenoxy) is 2. The van der Waals surface area contributed by atoms with E-state index in [9.17, 15) is 10.2 Å². The molecule has 0 saturated heterocycles. The van der Waals surface area contributed by atoms with E-state index in [4.69, 9.17) is 9.47 Å². The molecule has 0 spiro atoms. The number of phenolic OH excluding ortho intramolecular Hbond substituents is 2. The molecular formula is C50H84BN2O4. The maximum absolute atomic E-state index is 10.5. The highest BCUT2D eigenvalue weighted by Gasteiger charge is 2.04. The third-order valence-corrected chi connectivity index (χ3v) is 11.1. The number of hydrogen-bond donors (Lipinski definition) is 2. The molecule has 0 unspecified atom stereocenters. The summed E-state index contributed by atoms with van der Waals surface area (Å²) in [6.07, 6.45) is 46.3. The molecule has 7 heteroatoms. The third-order valence-electron chi connectivity index (χ3n) is 11.1. The van der Waals surface area contributed by atoms with Gasteiger partial charge in [-0.15, -0.1) is 0 Å². The minimum absolute atomic E-state index is 0.119. The number of rotatable bonds is 40. The first kappa shape index (κ1) is 50.2. The molecule has 0 amide bonds. The highest BCUT2D eigenvalue weighted by Crippen LogP contribution is 2.24. The van der Waals surface area contributed by atoms with Gasteiger partial charge in [0.15, 0.2) is 0 Å². The van der Waals surface area contributed by atoms with Crippen LogP contribution in [0.25, 0.3) is 0 Å². The van der Waals surface area contributed by atoms with Crippen molar-refractivity contribution in [3.63, 3.8) is 0 Å². The zero-order valence-corrected chi connectivity index (χ0v) is 36.8. The molecule has 0 saturated carbocycles. The van der Waals surface area contributed by atoms with Crippen molar-refractivity contribution < 1.29 is 19.7 Å². The summed E-state index contributed by atoms with van der Waals surface area (Å²) < 4.78 is 11.8. The summed E-state index contributed by atoms with van der Waals surface area (Å²) in [7, 11) is 1.39. The molecule has 0 aliphatic heterocycles. The summed E-state index contributed by atoms with van der Waals surface area (Å²) >= 11 is 0. The van der Waals surface area contributed by atoms with Gasteiger partial charge in [0.1, 0.15) is 23.0 Å². The molecule has 57 heavy (non-hydrogen) atoms. The van der Waals surface area contributed by atoms with Crippen molar-refractivity contribution in [1.82, 2.24) is 0 Å². The van der Waals surface area contributed by atoms with Crippen molar-refractivity contribution in [3.05, 3.63) is 47.5 Å². The molecular weight excluding hydrogens is 703 g/mol. The van der Waals surface area contributed by atoms with Crippen LogP contribution in [0, 0.1) is 0 Å². The van der Waals surface area contributed by atoms with Crippen LogP contribution in [0.15, 0.2) is 46.2 Å². The Balaban J connectivity index is 1.45. The van der Waals surface area contributed by atoms with Crippen LogP contribution in [-0.4, -0.2) is 43.4 Å². The second-order valence-electron chi connectivity index (χ2n) is 16.4. The van der Waals surface area contributed by atoms with Crippen LogP contribution in [0.4, 0.5) is 0 Å². The fourth-order valence-electron chi connectivity index (χ4n) is 7.39. The van der Waals surface area contributed by atoms with E-state index in [1.165, 1.54) is 200 Å². The Morgan fingerprint density at radius 1 is 0.404 bits per heavy atom. The van der Waals surface area contributed by atoms with Crippen LogP contribution in [-0.2, 0) is 0 Å². The van der Waals surface area contributed by atoms with Crippen LogP contribution >= 0.6 is 0 Å². The summed E-state index contributed by atoms with van der Waals surface area (Å²) in [6, 6.07) is 10.6. The van der Waals surface area contributed by atoms with Crippen molar-refractivity contribution in [2.75, 3.05) is 13.2 Å². The molecule has 0 aliphatic carbocycles. The molecule has 6 nitrogen and oxygen atoms in total. The SMILES string of the molecule is CCCCCCCCCCCCCCCCCCOc1ccc(/C=N/[B]/N=C/c2ccc(OCCCCCCCCCCCCCCCCCC)cc2O)c(O)c1. The predicted molar refractivity (Wildman–Crippen MR) is 247 cm³/mol. The second kappa shape index (κ2) is 37.3. The predicted octanol–water partition coefficient (Wildman–Crippen LogP) is 15.5. The summed E-state index contributed by atoms with van der Waals surface area (Å²) in [6.45, 7) is 5.89. The lowest BCUT2D eigenvalue weighted by molar-refractivity contribution is 0.302. The van der Waals surface area contributed by atoms with E-state index < -0.39 is 0 Å². The lowest BCUT2D eigenvalue weighted by atomic mass is 10.0. The molecule has 0 bridgehead atoms. The van der Waals surface area contributed by atoms with Gasteiger partial charge in [0, 0.05) is 35.7 Å². The largest absolute Gasteiger partial charge is 0.507 e. The van der Waals surface area contributed by atoms with Crippen LogP contribution in [0.5, 0.6) is 23.0 Å². The van der Waals surface area contributed by atoms with Gasteiger partial charge in [-0.3, -0.25) is 0 Å². The summed E-state index contributed by atoms with van der Waals surface area (Å²) in [5.74, 6) is 1.57. The van der Waals surface area contributed by atoms with Gasteiger partial charge in [-0.2, -0.15) is 0 Å². The normalized spacial score (nSPS) is 11.6. The van der Waals surface area contributed by atoms with Gasteiger partial charge in [0.05, 0.1) is 13.2 Å². The van der Waals surface area contributed by atoms with Gasteiger partial charge in [0.2, 0.25) is 0 Å². The van der Waals surface area contributed by atoms with Crippen LogP contribution < -0.4 is 9.47 Å². The smallest absolute Gasteiger partial charge is 0.431 e. The molecule has 0 aromatic heterocycles. The molecule has 321 valence electrons. The van der Waals surface area contributed by atoms with Gasteiger partial charge < -0.3 is 29.5 Å². The first-order valence-corrected chi connectivity index (χ1v) is 23.9. The first-order valence-electron chi connectivity index (χ1n) is 23.9. The van der Waals surface area contributed by atoms with Crippen molar-refractivity contribution in [2.45, 2.75) is 219 Å². The fraction of sp³-hybridized carbons (Fsp3) is 0.720. The Kier molecular flexibility index (Phi) is 32.9. The highest BCUT2D eigenvalue weighted by molar-refractivity contribution is 6.35. The van der Waals surface area contributed by atoms with E-state index in [0.29, 0.717) is 35.8 Å². The van der Waals surface area contributed by atoms with Crippen LogP contribution in [0.1, 0.15) is 230 Å². The standard InChI is InChI=1S/C50H84BN2O4/c1-3-5-7-9-11-13-15-17-19-21-23-25-27-29-31-33-39-56-47-37-35-45(49(54)41-47)43-52-51-53-44-46-36-38-48(42-50(46)55)57-40-34-32-30-28-26-24-22-20-18-16-14-12-10-8-6-4-2/h35-38,41-44,54-55H,3-34,39-40H2,1-2H3/b52-43+,53-44+. The molecule has 0 aliphatic rings.